The van der Waals surface area contributed by atoms with E-state index in [1.165, 1.54) is 64.5 Å². The molecule has 0 radical (unpaired) electrons. The van der Waals surface area contributed by atoms with Crippen LogP contribution in [0.2, 0.25) is 0 Å². The first-order valence-corrected chi connectivity index (χ1v) is 8.60. The molecular formula is C17H31NO2. The molecule has 0 bridgehead atoms. The molecule has 2 aliphatic rings. The summed E-state index contributed by atoms with van der Waals surface area (Å²) >= 11 is 0. The van der Waals surface area contributed by atoms with Gasteiger partial charge in [0.1, 0.15) is 0 Å². The van der Waals surface area contributed by atoms with E-state index in [0.29, 0.717) is 18.9 Å². The zero-order chi connectivity index (χ0) is 14.4. The zero-order valence-electron chi connectivity index (χ0n) is 13.3. The van der Waals surface area contributed by atoms with Gasteiger partial charge in [-0.15, -0.1) is 0 Å². The molecule has 1 aliphatic heterocycles. The molecule has 116 valence electrons. The number of esters is 1. The third kappa shape index (κ3) is 3.55. The first-order chi connectivity index (χ1) is 9.69. The largest absolute Gasteiger partial charge is 0.466 e. The number of hydrogen-bond acceptors (Lipinski definition) is 3. The van der Waals surface area contributed by atoms with Gasteiger partial charge in [-0.25, -0.2) is 0 Å². The van der Waals surface area contributed by atoms with E-state index >= 15 is 0 Å². The van der Waals surface area contributed by atoms with Gasteiger partial charge in [-0.2, -0.15) is 0 Å². The SMILES string of the molecule is CCOC(=O)CC1(N2CCCCCC2)CCCCC1C. The first kappa shape index (κ1) is 15.8. The average molecular weight is 281 g/mol. The van der Waals surface area contributed by atoms with Crippen LogP contribution in [-0.2, 0) is 9.53 Å². The van der Waals surface area contributed by atoms with E-state index in [0.717, 1.165) is 0 Å². The summed E-state index contributed by atoms with van der Waals surface area (Å²) in [4.78, 5) is 14.8. The van der Waals surface area contributed by atoms with Crippen LogP contribution in [0.1, 0.15) is 71.6 Å². The van der Waals surface area contributed by atoms with Crippen LogP contribution in [0, 0.1) is 5.92 Å². The number of likely N-dealkylation sites (tertiary alicyclic amines) is 1. The molecule has 0 amide bonds. The molecule has 2 rings (SSSR count). The standard InChI is InChI=1S/C17H31NO2/c1-3-20-16(19)14-17(11-7-6-10-15(17)2)18-12-8-4-5-9-13-18/h15H,3-14H2,1-2H3. The van der Waals surface area contributed by atoms with Crippen molar-refractivity contribution in [1.29, 1.82) is 0 Å². The molecule has 2 fully saturated rings. The van der Waals surface area contributed by atoms with Gasteiger partial charge in [0.15, 0.2) is 0 Å². The Kier molecular flexibility index (Phi) is 5.88. The second-order valence-corrected chi connectivity index (χ2v) is 6.63. The molecule has 0 spiro atoms. The molecule has 0 aromatic carbocycles. The lowest BCUT2D eigenvalue weighted by Gasteiger charge is -2.50. The Bertz CT molecular complexity index is 310. The highest BCUT2D eigenvalue weighted by atomic mass is 16.5. The van der Waals surface area contributed by atoms with E-state index in [1.54, 1.807) is 0 Å². The zero-order valence-corrected chi connectivity index (χ0v) is 13.3. The lowest BCUT2D eigenvalue weighted by molar-refractivity contribution is -0.149. The molecular weight excluding hydrogens is 250 g/mol. The van der Waals surface area contributed by atoms with E-state index in [-0.39, 0.29) is 11.5 Å². The summed E-state index contributed by atoms with van der Waals surface area (Å²) in [5.41, 5.74) is 0.0782. The highest BCUT2D eigenvalue weighted by molar-refractivity contribution is 5.71. The fraction of sp³-hybridized carbons (Fsp3) is 0.941. The van der Waals surface area contributed by atoms with E-state index < -0.39 is 0 Å². The minimum Gasteiger partial charge on any atom is -0.466 e. The molecule has 3 nitrogen and oxygen atoms in total. The van der Waals surface area contributed by atoms with Gasteiger partial charge in [-0.3, -0.25) is 9.69 Å². The normalized spacial score (nSPS) is 32.6. The van der Waals surface area contributed by atoms with Crippen molar-refractivity contribution in [2.45, 2.75) is 77.2 Å². The van der Waals surface area contributed by atoms with Crippen LogP contribution in [0.25, 0.3) is 0 Å². The summed E-state index contributed by atoms with van der Waals surface area (Å²) in [7, 11) is 0. The summed E-state index contributed by atoms with van der Waals surface area (Å²) in [6.07, 6.45) is 10.9. The minimum absolute atomic E-state index is 0.00509. The molecule has 3 heteroatoms. The van der Waals surface area contributed by atoms with Gasteiger partial charge in [0.25, 0.3) is 0 Å². The lowest BCUT2D eigenvalue weighted by atomic mass is 9.70. The average Bonchev–Trinajstić information content (AvgIpc) is 2.71. The Hall–Kier alpha value is -0.570. The number of ether oxygens (including phenoxy) is 1. The fourth-order valence-corrected chi connectivity index (χ4v) is 4.22. The summed E-state index contributed by atoms with van der Waals surface area (Å²) in [6, 6.07) is 0. The van der Waals surface area contributed by atoms with Crippen molar-refractivity contribution in [2.24, 2.45) is 5.92 Å². The number of hydrogen-bond donors (Lipinski definition) is 0. The van der Waals surface area contributed by atoms with Gasteiger partial charge in [0.05, 0.1) is 13.0 Å². The van der Waals surface area contributed by atoms with Crippen molar-refractivity contribution in [2.75, 3.05) is 19.7 Å². The van der Waals surface area contributed by atoms with Crippen molar-refractivity contribution in [1.82, 2.24) is 4.90 Å². The second-order valence-electron chi connectivity index (χ2n) is 6.63. The van der Waals surface area contributed by atoms with Crippen LogP contribution in [0.4, 0.5) is 0 Å². The lowest BCUT2D eigenvalue weighted by Crippen LogP contribution is -2.56. The Morgan fingerprint density at radius 3 is 2.45 bits per heavy atom. The predicted molar refractivity (Wildman–Crippen MR) is 81.7 cm³/mol. The molecule has 0 aromatic heterocycles. The molecule has 1 saturated carbocycles. The van der Waals surface area contributed by atoms with Crippen molar-refractivity contribution in [3.63, 3.8) is 0 Å². The van der Waals surface area contributed by atoms with Crippen molar-refractivity contribution in [3.05, 3.63) is 0 Å². The monoisotopic (exact) mass is 281 g/mol. The maximum absolute atomic E-state index is 12.1. The Morgan fingerprint density at radius 1 is 1.15 bits per heavy atom. The maximum Gasteiger partial charge on any atom is 0.307 e. The number of carbonyl (C=O) groups is 1. The van der Waals surface area contributed by atoms with E-state index in [9.17, 15) is 4.79 Å². The van der Waals surface area contributed by atoms with Gasteiger partial charge in [-0.1, -0.05) is 32.6 Å². The highest BCUT2D eigenvalue weighted by Crippen LogP contribution is 2.42. The van der Waals surface area contributed by atoms with Gasteiger partial charge >= 0.3 is 5.97 Å². The van der Waals surface area contributed by atoms with Gasteiger partial charge in [0.2, 0.25) is 0 Å². The molecule has 1 heterocycles. The van der Waals surface area contributed by atoms with Gasteiger partial charge in [-0.05, 0) is 51.6 Å². The third-order valence-electron chi connectivity index (χ3n) is 5.41. The number of carbonyl (C=O) groups excluding carboxylic acids is 1. The van der Waals surface area contributed by atoms with Crippen LogP contribution in [-0.4, -0.2) is 36.1 Å². The summed E-state index contributed by atoms with van der Waals surface area (Å²) < 4.78 is 5.27. The fourth-order valence-electron chi connectivity index (χ4n) is 4.22. The van der Waals surface area contributed by atoms with Crippen LogP contribution < -0.4 is 0 Å². The van der Waals surface area contributed by atoms with Crippen LogP contribution in [0.3, 0.4) is 0 Å². The Labute approximate surface area is 124 Å². The van der Waals surface area contributed by atoms with E-state index in [4.69, 9.17) is 4.74 Å². The molecule has 0 aromatic rings. The Balaban J connectivity index is 2.15. The molecule has 0 N–H and O–H groups in total. The van der Waals surface area contributed by atoms with E-state index in [2.05, 4.69) is 11.8 Å². The maximum atomic E-state index is 12.1. The third-order valence-corrected chi connectivity index (χ3v) is 5.41. The second kappa shape index (κ2) is 7.44. The summed E-state index contributed by atoms with van der Waals surface area (Å²) in [5.74, 6) is 0.615. The van der Waals surface area contributed by atoms with Crippen LogP contribution in [0.5, 0.6) is 0 Å². The molecule has 20 heavy (non-hydrogen) atoms. The smallest absolute Gasteiger partial charge is 0.307 e. The molecule has 1 saturated heterocycles. The Morgan fingerprint density at radius 2 is 1.85 bits per heavy atom. The van der Waals surface area contributed by atoms with Crippen molar-refractivity contribution < 1.29 is 9.53 Å². The number of nitrogens with zero attached hydrogens (tertiary/aromatic N) is 1. The van der Waals surface area contributed by atoms with Crippen LogP contribution >= 0.6 is 0 Å². The van der Waals surface area contributed by atoms with Crippen molar-refractivity contribution >= 4 is 5.97 Å². The molecule has 2 atom stereocenters. The predicted octanol–water partition coefficient (Wildman–Crippen LogP) is 3.76. The first-order valence-electron chi connectivity index (χ1n) is 8.60. The van der Waals surface area contributed by atoms with Crippen LogP contribution in [0.15, 0.2) is 0 Å². The van der Waals surface area contributed by atoms with Crippen molar-refractivity contribution in [3.8, 4) is 0 Å². The van der Waals surface area contributed by atoms with Gasteiger partial charge < -0.3 is 4.74 Å². The summed E-state index contributed by atoms with van der Waals surface area (Å²) in [6.45, 7) is 7.10. The topological polar surface area (TPSA) is 29.5 Å². The summed E-state index contributed by atoms with van der Waals surface area (Å²) in [5, 5.41) is 0. The minimum atomic E-state index is 0.00509. The molecule has 2 unspecified atom stereocenters. The quantitative estimate of drug-likeness (QED) is 0.735. The number of rotatable bonds is 4. The highest BCUT2D eigenvalue weighted by Gasteiger charge is 2.44. The van der Waals surface area contributed by atoms with Gasteiger partial charge in [0, 0.05) is 5.54 Å². The van der Waals surface area contributed by atoms with E-state index in [1.807, 2.05) is 6.92 Å². The molecule has 1 aliphatic carbocycles.